The van der Waals surface area contributed by atoms with Gasteiger partial charge in [-0.1, -0.05) is 30.3 Å². The van der Waals surface area contributed by atoms with E-state index in [9.17, 15) is 0 Å². The lowest BCUT2D eigenvalue weighted by Crippen LogP contribution is -2.29. The van der Waals surface area contributed by atoms with Crippen LogP contribution in [-0.2, 0) is 19.4 Å². The number of benzene rings is 1. The van der Waals surface area contributed by atoms with Gasteiger partial charge in [0.25, 0.3) is 0 Å². The first-order valence-electron chi connectivity index (χ1n) is 9.64. The summed E-state index contributed by atoms with van der Waals surface area (Å²) in [6, 6.07) is 15.2. The topological polar surface area (TPSA) is 52.8 Å². The van der Waals surface area contributed by atoms with Crippen molar-refractivity contribution in [3.05, 3.63) is 71.3 Å². The van der Waals surface area contributed by atoms with Crippen LogP contribution in [0.25, 0.3) is 10.8 Å². The predicted molar refractivity (Wildman–Crippen MR) is 107 cm³/mol. The highest BCUT2D eigenvalue weighted by molar-refractivity contribution is 5.85. The summed E-state index contributed by atoms with van der Waals surface area (Å²) < 4.78 is 0. The van der Waals surface area contributed by atoms with E-state index in [1.807, 2.05) is 24.5 Å². The van der Waals surface area contributed by atoms with Crippen molar-refractivity contribution in [2.24, 2.45) is 0 Å². The van der Waals surface area contributed by atoms with Crippen molar-refractivity contribution in [3.8, 4) is 6.07 Å². The third-order valence-corrected chi connectivity index (χ3v) is 5.58. The highest BCUT2D eigenvalue weighted by Crippen LogP contribution is 2.33. The largest absolute Gasteiger partial charge is 0.292 e. The van der Waals surface area contributed by atoms with Crippen molar-refractivity contribution in [1.82, 2.24) is 14.9 Å². The maximum atomic E-state index is 9.10. The fraction of sp³-hybridized carbons (Fsp3) is 0.348. The molecule has 1 aliphatic rings. The zero-order chi connectivity index (χ0) is 18.6. The predicted octanol–water partition coefficient (Wildman–Crippen LogP) is 4.60. The van der Waals surface area contributed by atoms with Gasteiger partial charge in [-0.05, 0) is 55.3 Å². The monoisotopic (exact) mass is 356 g/mol. The molecule has 0 fully saturated rings. The highest BCUT2D eigenvalue weighted by atomic mass is 15.1. The lowest BCUT2D eigenvalue weighted by atomic mass is 9.90. The molecule has 2 aromatic heterocycles. The molecule has 0 unspecified atom stereocenters. The van der Waals surface area contributed by atoms with Crippen LogP contribution in [-0.4, -0.2) is 21.9 Å². The van der Waals surface area contributed by atoms with E-state index in [4.69, 9.17) is 10.2 Å². The number of nitrogens with zero attached hydrogens (tertiary/aromatic N) is 4. The van der Waals surface area contributed by atoms with Crippen molar-refractivity contribution < 1.29 is 0 Å². The molecule has 4 heteroatoms. The molecule has 0 amide bonds. The average molecular weight is 356 g/mol. The normalized spacial score (nSPS) is 16.3. The van der Waals surface area contributed by atoms with E-state index >= 15 is 0 Å². The fourth-order valence-electron chi connectivity index (χ4n) is 4.22. The third-order valence-electron chi connectivity index (χ3n) is 5.58. The van der Waals surface area contributed by atoms with Crippen molar-refractivity contribution >= 4 is 10.8 Å². The molecule has 4 rings (SSSR count). The smallest absolute Gasteiger partial charge is 0.0625 e. The zero-order valence-corrected chi connectivity index (χ0v) is 15.7. The maximum Gasteiger partial charge on any atom is 0.0625 e. The van der Waals surface area contributed by atoms with E-state index in [-0.39, 0.29) is 0 Å². The SMILES string of the molecule is CN(Cc1ncc2ccccc2c1CCC#N)[C@H]1CCCc2cccnc21. The Morgan fingerprint density at radius 1 is 1.19 bits per heavy atom. The van der Waals surface area contributed by atoms with E-state index < -0.39 is 0 Å². The van der Waals surface area contributed by atoms with Crippen LogP contribution in [0.4, 0.5) is 0 Å². The molecule has 1 atom stereocenters. The van der Waals surface area contributed by atoms with Crippen LogP contribution in [0.3, 0.4) is 0 Å². The number of pyridine rings is 2. The molecule has 0 bridgehead atoms. The lowest BCUT2D eigenvalue weighted by Gasteiger charge is -2.32. The van der Waals surface area contributed by atoms with Gasteiger partial charge in [-0.25, -0.2) is 0 Å². The molecule has 2 heterocycles. The van der Waals surface area contributed by atoms with E-state index in [0.717, 1.165) is 36.9 Å². The lowest BCUT2D eigenvalue weighted by molar-refractivity contribution is 0.206. The molecule has 4 nitrogen and oxygen atoms in total. The molecule has 1 aliphatic carbocycles. The molecule has 0 aliphatic heterocycles. The number of nitriles is 1. The fourth-order valence-corrected chi connectivity index (χ4v) is 4.22. The summed E-state index contributed by atoms with van der Waals surface area (Å²) in [5.41, 5.74) is 4.87. The van der Waals surface area contributed by atoms with Crippen LogP contribution in [0.1, 0.15) is 47.8 Å². The number of aryl methyl sites for hydroxylation is 2. The summed E-state index contributed by atoms with van der Waals surface area (Å²) >= 11 is 0. The van der Waals surface area contributed by atoms with Crippen molar-refractivity contribution in [2.75, 3.05) is 7.05 Å². The molecule has 136 valence electrons. The summed E-state index contributed by atoms with van der Waals surface area (Å²) in [5, 5.41) is 11.5. The van der Waals surface area contributed by atoms with Crippen LogP contribution in [0.5, 0.6) is 0 Å². The van der Waals surface area contributed by atoms with Gasteiger partial charge in [-0.15, -0.1) is 0 Å². The van der Waals surface area contributed by atoms with Crippen LogP contribution in [0.2, 0.25) is 0 Å². The highest BCUT2D eigenvalue weighted by Gasteiger charge is 2.25. The Kier molecular flexibility index (Phi) is 5.13. The molecule has 27 heavy (non-hydrogen) atoms. The molecule has 3 aromatic rings. The van der Waals surface area contributed by atoms with Gasteiger partial charge in [0.2, 0.25) is 0 Å². The summed E-state index contributed by atoms with van der Waals surface area (Å²) in [4.78, 5) is 11.8. The van der Waals surface area contributed by atoms with E-state index in [0.29, 0.717) is 12.5 Å². The Labute approximate surface area is 160 Å². The Morgan fingerprint density at radius 3 is 2.96 bits per heavy atom. The second kappa shape index (κ2) is 7.85. The molecule has 0 spiro atoms. The van der Waals surface area contributed by atoms with Gasteiger partial charge in [-0.2, -0.15) is 5.26 Å². The van der Waals surface area contributed by atoms with Gasteiger partial charge in [0.15, 0.2) is 0 Å². The van der Waals surface area contributed by atoms with Gasteiger partial charge in [-0.3, -0.25) is 14.9 Å². The van der Waals surface area contributed by atoms with Crippen molar-refractivity contribution in [2.45, 2.75) is 44.7 Å². The molecule has 0 radical (unpaired) electrons. The second-order valence-corrected chi connectivity index (χ2v) is 7.30. The Morgan fingerprint density at radius 2 is 2.07 bits per heavy atom. The Hall–Kier alpha value is -2.77. The minimum absolute atomic E-state index is 0.326. The first-order chi connectivity index (χ1) is 13.3. The molecule has 1 aromatic carbocycles. The first kappa shape index (κ1) is 17.6. The standard InChI is InChI=1S/C23H24N4/c1-27(22-12-4-8-17-9-6-14-25-23(17)22)16-21-20(11-5-13-24)19-10-3-2-7-18(19)15-26-21/h2-3,6-7,9-10,14-15,22H,4-5,8,11-12,16H2,1H3/t22-/m0/s1. The molecule has 0 N–H and O–H groups in total. The zero-order valence-electron chi connectivity index (χ0n) is 15.7. The second-order valence-electron chi connectivity index (χ2n) is 7.30. The summed E-state index contributed by atoms with van der Waals surface area (Å²) in [7, 11) is 2.17. The molecular formula is C23H24N4. The maximum absolute atomic E-state index is 9.10. The molecular weight excluding hydrogens is 332 g/mol. The van der Waals surface area contributed by atoms with Gasteiger partial charge in [0.1, 0.15) is 0 Å². The molecule has 0 saturated heterocycles. The van der Waals surface area contributed by atoms with Crippen molar-refractivity contribution in [1.29, 1.82) is 5.26 Å². The average Bonchev–Trinajstić information content (AvgIpc) is 2.72. The van der Waals surface area contributed by atoms with E-state index in [1.54, 1.807) is 0 Å². The first-order valence-corrected chi connectivity index (χ1v) is 9.64. The van der Waals surface area contributed by atoms with Crippen molar-refractivity contribution in [3.63, 3.8) is 0 Å². The van der Waals surface area contributed by atoms with Gasteiger partial charge >= 0.3 is 0 Å². The van der Waals surface area contributed by atoms with Crippen LogP contribution in [0.15, 0.2) is 48.8 Å². The number of fused-ring (bicyclic) bond motifs is 2. The summed E-state index contributed by atoms with van der Waals surface area (Å²) in [6.07, 6.45) is 8.56. The minimum Gasteiger partial charge on any atom is -0.292 e. The Bertz CT molecular complexity index is 989. The minimum atomic E-state index is 0.326. The Balaban J connectivity index is 1.66. The number of rotatable bonds is 5. The third kappa shape index (κ3) is 3.56. The number of aromatic nitrogens is 2. The quantitative estimate of drug-likeness (QED) is 0.671. The van der Waals surface area contributed by atoms with Crippen LogP contribution >= 0.6 is 0 Å². The number of hydrogen-bond donors (Lipinski definition) is 0. The van der Waals surface area contributed by atoms with Gasteiger partial charge in [0.05, 0.1) is 23.5 Å². The van der Waals surface area contributed by atoms with Gasteiger partial charge < -0.3 is 0 Å². The number of hydrogen-bond acceptors (Lipinski definition) is 4. The summed E-state index contributed by atoms with van der Waals surface area (Å²) in [6.45, 7) is 0.770. The summed E-state index contributed by atoms with van der Waals surface area (Å²) in [5.74, 6) is 0. The van der Waals surface area contributed by atoms with Crippen LogP contribution < -0.4 is 0 Å². The van der Waals surface area contributed by atoms with Crippen LogP contribution in [0, 0.1) is 11.3 Å². The van der Waals surface area contributed by atoms with Gasteiger partial charge in [0, 0.05) is 30.7 Å². The van der Waals surface area contributed by atoms with E-state index in [1.165, 1.54) is 28.6 Å². The van der Waals surface area contributed by atoms with E-state index in [2.05, 4.69) is 47.3 Å². The molecule has 0 saturated carbocycles.